The third kappa shape index (κ3) is 2.95. The fourth-order valence-electron chi connectivity index (χ4n) is 2.23. The van der Waals surface area contributed by atoms with Crippen LogP contribution in [0.3, 0.4) is 0 Å². The molecule has 0 bridgehead atoms. The molecule has 0 aliphatic heterocycles. The van der Waals surface area contributed by atoms with Crippen molar-refractivity contribution in [2.24, 2.45) is 0 Å². The smallest absolute Gasteiger partial charge is 0.237 e. The maximum Gasteiger partial charge on any atom is 0.237 e. The first-order valence-corrected chi connectivity index (χ1v) is 8.09. The molecule has 3 aromatic heterocycles. The Labute approximate surface area is 136 Å². The number of H-pyrrole nitrogens is 1. The van der Waals surface area contributed by atoms with Crippen molar-refractivity contribution >= 4 is 22.8 Å². The summed E-state index contributed by atoms with van der Waals surface area (Å²) in [6.45, 7) is 2.06. The topological polar surface area (TPSA) is 80.5 Å². The molecular weight excluding hydrogens is 310 g/mol. The third-order valence-electron chi connectivity index (χ3n) is 3.35. The number of aryl methyl sites for hydroxylation is 1. The number of benzene rings is 1. The van der Waals surface area contributed by atoms with Crippen LogP contribution in [-0.4, -0.2) is 25.1 Å². The van der Waals surface area contributed by atoms with Crippen LogP contribution in [0, 0.1) is 6.92 Å². The number of pyridine rings is 1. The Morgan fingerprint density at radius 1 is 1.13 bits per heavy atom. The van der Waals surface area contributed by atoms with E-state index in [9.17, 15) is 0 Å². The maximum absolute atomic E-state index is 5.29. The molecule has 0 amide bonds. The Hall–Kier alpha value is -2.67. The highest BCUT2D eigenvalue weighted by Gasteiger charge is 2.10. The van der Waals surface area contributed by atoms with Gasteiger partial charge in [0.05, 0.1) is 16.8 Å². The lowest BCUT2D eigenvalue weighted by Gasteiger charge is -1.92. The normalized spacial score (nSPS) is 11.2. The van der Waals surface area contributed by atoms with Crippen molar-refractivity contribution in [2.45, 2.75) is 17.8 Å². The van der Waals surface area contributed by atoms with Crippen molar-refractivity contribution in [3.05, 3.63) is 54.2 Å². The zero-order chi connectivity index (χ0) is 15.6. The van der Waals surface area contributed by atoms with E-state index in [4.69, 9.17) is 4.52 Å². The first kappa shape index (κ1) is 14.0. The van der Waals surface area contributed by atoms with Crippen LogP contribution in [0.15, 0.2) is 52.4 Å². The van der Waals surface area contributed by atoms with Crippen LogP contribution in [0.1, 0.15) is 11.5 Å². The lowest BCUT2D eigenvalue weighted by atomic mass is 10.2. The van der Waals surface area contributed by atoms with Crippen LogP contribution in [0.4, 0.5) is 0 Å². The van der Waals surface area contributed by atoms with Crippen LogP contribution >= 0.6 is 11.8 Å². The quantitative estimate of drug-likeness (QED) is 0.578. The molecule has 1 aromatic carbocycles. The Morgan fingerprint density at radius 3 is 2.87 bits per heavy atom. The van der Waals surface area contributed by atoms with Crippen LogP contribution < -0.4 is 0 Å². The van der Waals surface area contributed by atoms with Gasteiger partial charge in [-0.25, -0.2) is 4.98 Å². The van der Waals surface area contributed by atoms with Gasteiger partial charge in [0, 0.05) is 18.0 Å². The molecule has 0 radical (unpaired) electrons. The monoisotopic (exact) mass is 323 g/mol. The van der Waals surface area contributed by atoms with E-state index in [0.29, 0.717) is 17.5 Å². The molecule has 0 saturated carbocycles. The summed E-state index contributed by atoms with van der Waals surface area (Å²) < 4.78 is 5.29. The van der Waals surface area contributed by atoms with Crippen LogP contribution in [0.5, 0.6) is 0 Å². The van der Waals surface area contributed by atoms with E-state index < -0.39 is 0 Å². The summed E-state index contributed by atoms with van der Waals surface area (Å²) >= 11 is 1.54. The standard InChI is InChI=1S/C16H13N5OS/c1-10-2-3-12-13(8-10)19-16(18-12)23-9-14-20-15(21-22-14)11-4-6-17-7-5-11/h2-8H,9H2,1H3,(H,18,19). The van der Waals surface area contributed by atoms with E-state index in [1.807, 2.05) is 18.2 Å². The third-order valence-corrected chi connectivity index (χ3v) is 4.21. The SMILES string of the molecule is Cc1ccc2nc(SCc3nc(-c4ccncc4)no3)[nH]c2c1. The number of rotatable bonds is 4. The number of aromatic nitrogens is 5. The second kappa shape index (κ2) is 5.85. The number of nitrogens with zero attached hydrogens (tertiary/aromatic N) is 4. The van der Waals surface area contributed by atoms with Gasteiger partial charge in [-0.15, -0.1) is 0 Å². The zero-order valence-electron chi connectivity index (χ0n) is 12.4. The van der Waals surface area contributed by atoms with Gasteiger partial charge in [0.15, 0.2) is 5.16 Å². The molecule has 3 heterocycles. The molecule has 0 aliphatic carbocycles. The van der Waals surface area contributed by atoms with E-state index in [-0.39, 0.29) is 0 Å². The molecule has 0 unspecified atom stereocenters. The van der Waals surface area contributed by atoms with Crippen LogP contribution in [0.25, 0.3) is 22.4 Å². The van der Waals surface area contributed by atoms with Crippen molar-refractivity contribution in [3.8, 4) is 11.4 Å². The van der Waals surface area contributed by atoms with Crippen LogP contribution in [0.2, 0.25) is 0 Å². The molecule has 0 saturated heterocycles. The number of imidazole rings is 1. The molecule has 114 valence electrons. The summed E-state index contributed by atoms with van der Waals surface area (Å²) in [6, 6.07) is 9.85. The average molecular weight is 323 g/mol. The Morgan fingerprint density at radius 2 is 2.00 bits per heavy atom. The molecule has 1 N–H and O–H groups in total. The second-order valence-corrected chi connectivity index (χ2v) is 6.06. The van der Waals surface area contributed by atoms with Gasteiger partial charge >= 0.3 is 0 Å². The Balaban J connectivity index is 1.49. The molecule has 0 atom stereocenters. The second-order valence-electron chi connectivity index (χ2n) is 5.10. The van der Waals surface area contributed by atoms with Crippen molar-refractivity contribution in [1.82, 2.24) is 25.1 Å². The lowest BCUT2D eigenvalue weighted by Crippen LogP contribution is -1.84. The van der Waals surface area contributed by atoms with Gasteiger partial charge in [-0.2, -0.15) is 4.98 Å². The molecule has 6 nitrogen and oxygen atoms in total. The van der Waals surface area contributed by atoms with Crippen molar-refractivity contribution in [1.29, 1.82) is 0 Å². The van der Waals surface area contributed by atoms with Gasteiger partial charge in [0.1, 0.15) is 0 Å². The highest BCUT2D eigenvalue weighted by Crippen LogP contribution is 2.24. The Kier molecular flexibility index (Phi) is 3.55. The number of hydrogen-bond acceptors (Lipinski definition) is 6. The number of thioether (sulfide) groups is 1. The highest BCUT2D eigenvalue weighted by atomic mass is 32.2. The molecule has 4 rings (SSSR count). The van der Waals surface area contributed by atoms with Crippen molar-refractivity contribution in [2.75, 3.05) is 0 Å². The molecule has 7 heteroatoms. The van der Waals surface area contributed by atoms with Gasteiger partial charge in [-0.3, -0.25) is 4.98 Å². The van der Waals surface area contributed by atoms with Crippen molar-refractivity contribution in [3.63, 3.8) is 0 Å². The number of aromatic amines is 1. The summed E-state index contributed by atoms with van der Waals surface area (Å²) in [6.07, 6.45) is 3.41. The van der Waals surface area contributed by atoms with Gasteiger partial charge in [-0.05, 0) is 36.8 Å². The number of fused-ring (bicyclic) bond motifs is 1. The van der Waals surface area contributed by atoms with Crippen LogP contribution in [-0.2, 0) is 5.75 Å². The summed E-state index contributed by atoms with van der Waals surface area (Å²) in [7, 11) is 0. The average Bonchev–Trinajstić information content (AvgIpc) is 3.20. The molecule has 4 aromatic rings. The van der Waals surface area contributed by atoms with Gasteiger partial charge in [-0.1, -0.05) is 23.0 Å². The minimum atomic E-state index is 0.566. The number of nitrogens with one attached hydrogen (secondary N) is 1. The van der Waals surface area contributed by atoms with E-state index in [0.717, 1.165) is 21.8 Å². The van der Waals surface area contributed by atoms with E-state index in [1.165, 1.54) is 17.3 Å². The van der Waals surface area contributed by atoms with E-state index in [1.54, 1.807) is 12.4 Å². The predicted octanol–water partition coefficient (Wildman–Crippen LogP) is 3.61. The largest absolute Gasteiger partial charge is 0.338 e. The molecule has 0 spiro atoms. The highest BCUT2D eigenvalue weighted by molar-refractivity contribution is 7.98. The zero-order valence-corrected chi connectivity index (χ0v) is 13.2. The summed E-state index contributed by atoms with van der Waals surface area (Å²) in [5, 5.41) is 4.84. The minimum Gasteiger partial charge on any atom is -0.338 e. The van der Waals surface area contributed by atoms with Crippen molar-refractivity contribution < 1.29 is 4.52 Å². The molecule has 23 heavy (non-hydrogen) atoms. The molecular formula is C16H13N5OS. The van der Waals surface area contributed by atoms with Gasteiger partial charge < -0.3 is 9.51 Å². The Bertz CT molecular complexity index is 947. The van der Waals surface area contributed by atoms with Gasteiger partial charge in [0.25, 0.3) is 0 Å². The lowest BCUT2D eigenvalue weighted by molar-refractivity contribution is 0.391. The van der Waals surface area contributed by atoms with E-state index >= 15 is 0 Å². The molecule has 0 fully saturated rings. The van der Waals surface area contributed by atoms with Gasteiger partial charge in [0.2, 0.25) is 11.7 Å². The summed E-state index contributed by atoms with van der Waals surface area (Å²) in [5.41, 5.74) is 4.09. The van der Waals surface area contributed by atoms with E-state index in [2.05, 4.69) is 44.1 Å². The predicted molar refractivity (Wildman–Crippen MR) is 87.9 cm³/mol. The summed E-state index contributed by atoms with van der Waals surface area (Å²) in [4.78, 5) is 16.2. The molecule has 0 aliphatic rings. The summed E-state index contributed by atoms with van der Waals surface area (Å²) in [5.74, 6) is 1.71. The fraction of sp³-hybridized carbons (Fsp3) is 0.125. The minimum absolute atomic E-state index is 0.566. The first-order chi connectivity index (χ1) is 11.3. The maximum atomic E-state index is 5.29. The first-order valence-electron chi connectivity index (χ1n) is 7.10. The number of hydrogen-bond donors (Lipinski definition) is 1. The fourth-order valence-corrected chi connectivity index (χ4v) is 2.95.